The molecule has 0 fully saturated rings. The number of hydrogen-bond donors (Lipinski definition) is 1. The molecule has 0 aromatic heterocycles. The molecule has 0 spiro atoms. The lowest BCUT2D eigenvalue weighted by molar-refractivity contribution is -0.0216. The number of allylic oxidation sites excluding steroid dienone is 1. The highest BCUT2D eigenvalue weighted by atomic mass is 16.5. The van der Waals surface area contributed by atoms with Crippen molar-refractivity contribution >= 4 is 0 Å². The zero-order valence-corrected chi connectivity index (χ0v) is 9.97. The van der Waals surface area contributed by atoms with E-state index < -0.39 is 5.60 Å². The lowest BCUT2D eigenvalue weighted by atomic mass is 9.89. The predicted octanol–water partition coefficient (Wildman–Crippen LogP) is 2.91. The van der Waals surface area contributed by atoms with Crippen LogP contribution in [-0.4, -0.2) is 23.4 Å². The van der Waals surface area contributed by atoms with Gasteiger partial charge in [0.05, 0.1) is 11.2 Å². The highest BCUT2D eigenvalue weighted by molar-refractivity contribution is 4.81. The minimum Gasteiger partial charge on any atom is -0.390 e. The molecule has 0 saturated carbocycles. The zero-order valence-electron chi connectivity index (χ0n) is 9.97. The van der Waals surface area contributed by atoms with E-state index >= 15 is 0 Å². The second-order valence-corrected chi connectivity index (χ2v) is 4.79. The van der Waals surface area contributed by atoms with Gasteiger partial charge in [0.2, 0.25) is 0 Å². The molecule has 0 rings (SSSR count). The molecule has 1 atom stereocenters. The van der Waals surface area contributed by atoms with Crippen molar-refractivity contribution in [3.8, 4) is 0 Å². The second kappa shape index (κ2) is 5.52. The van der Waals surface area contributed by atoms with Crippen molar-refractivity contribution < 1.29 is 9.84 Å². The van der Waals surface area contributed by atoms with Gasteiger partial charge in [-0.15, -0.1) is 6.58 Å². The lowest BCUT2D eigenvalue weighted by Gasteiger charge is -2.29. The van der Waals surface area contributed by atoms with Gasteiger partial charge in [-0.05, 0) is 46.5 Å². The molecule has 0 aromatic rings. The number of aliphatic hydroxyl groups is 1. The van der Waals surface area contributed by atoms with Gasteiger partial charge in [-0.1, -0.05) is 6.08 Å². The van der Waals surface area contributed by atoms with Crippen molar-refractivity contribution in [2.45, 2.75) is 57.7 Å². The van der Waals surface area contributed by atoms with Crippen LogP contribution in [0.5, 0.6) is 0 Å². The molecule has 2 nitrogen and oxygen atoms in total. The van der Waals surface area contributed by atoms with E-state index in [0.717, 1.165) is 25.7 Å². The van der Waals surface area contributed by atoms with E-state index in [4.69, 9.17) is 4.74 Å². The van der Waals surface area contributed by atoms with Gasteiger partial charge in [-0.3, -0.25) is 0 Å². The van der Waals surface area contributed by atoms with E-state index in [-0.39, 0.29) is 5.60 Å². The summed E-state index contributed by atoms with van der Waals surface area (Å²) in [7, 11) is 1.71. The first-order valence-corrected chi connectivity index (χ1v) is 5.21. The van der Waals surface area contributed by atoms with Crippen LogP contribution in [0.3, 0.4) is 0 Å². The number of methoxy groups -OCH3 is 1. The van der Waals surface area contributed by atoms with E-state index in [1.54, 1.807) is 7.11 Å². The Morgan fingerprint density at radius 3 is 2.21 bits per heavy atom. The minimum atomic E-state index is -0.593. The maximum Gasteiger partial charge on any atom is 0.0623 e. The molecule has 0 aliphatic heterocycles. The lowest BCUT2D eigenvalue weighted by Crippen LogP contribution is -2.30. The maximum atomic E-state index is 10.0. The van der Waals surface area contributed by atoms with Crippen molar-refractivity contribution in [1.29, 1.82) is 0 Å². The van der Waals surface area contributed by atoms with Crippen molar-refractivity contribution in [3.05, 3.63) is 12.7 Å². The molecular formula is C12H24O2. The molecule has 0 aliphatic carbocycles. The zero-order chi connectivity index (χ0) is 11.2. The molecule has 0 saturated heterocycles. The fraction of sp³-hybridized carbons (Fsp3) is 0.833. The Morgan fingerprint density at radius 2 is 1.79 bits per heavy atom. The Bertz CT molecular complexity index is 171. The molecule has 1 N–H and O–H groups in total. The Labute approximate surface area is 88.0 Å². The highest BCUT2D eigenvalue weighted by Gasteiger charge is 2.24. The van der Waals surface area contributed by atoms with E-state index in [1.807, 2.05) is 26.8 Å². The third-order valence-electron chi connectivity index (χ3n) is 2.71. The smallest absolute Gasteiger partial charge is 0.0623 e. The Kier molecular flexibility index (Phi) is 5.38. The SMILES string of the molecule is C=CCCC(C)(O)CCC(C)(C)OC. The van der Waals surface area contributed by atoms with Gasteiger partial charge < -0.3 is 9.84 Å². The van der Waals surface area contributed by atoms with Gasteiger partial charge >= 0.3 is 0 Å². The third-order valence-corrected chi connectivity index (χ3v) is 2.71. The molecule has 84 valence electrons. The molecular weight excluding hydrogens is 176 g/mol. The molecule has 1 unspecified atom stereocenters. The maximum absolute atomic E-state index is 10.0. The van der Waals surface area contributed by atoms with E-state index in [9.17, 15) is 5.11 Å². The van der Waals surface area contributed by atoms with Gasteiger partial charge in [0.25, 0.3) is 0 Å². The van der Waals surface area contributed by atoms with Crippen LogP contribution in [0.25, 0.3) is 0 Å². The number of ether oxygens (including phenoxy) is 1. The summed E-state index contributed by atoms with van der Waals surface area (Å²) in [5.41, 5.74) is -0.734. The summed E-state index contributed by atoms with van der Waals surface area (Å²) in [5.74, 6) is 0. The van der Waals surface area contributed by atoms with Gasteiger partial charge in [0.1, 0.15) is 0 Å². The van der Waals surface area contributed by atoms with E-state index in [1.165, 1.54) is 0 Å². The monoisotopic (exact) mass is 200 g/mol. The van der Waals surface area contributed by atoms with Gasteiger partial charge in [0, 0.05) is 7.11 Å². The third kappa shape index (κ3) is 6.17. The quantitative estimate of drug-likeness (QED) is 0.640. The summed E-state index contributed by atoms with van der Waals surface area (Å²) < 4.78 is 5.31. The molecule has 0 amide bonds. The Morgan fingerprint density at radius 1 is 1.21 bits per heavy atom. The standard InChI is InChI=1S/C12H24O2/c1-6-7-8-12(4,13)10-9-11(2,3)14-5/h6,13H,1,7-10H2,2-5H3. The summed E-state index contributed by atoms with van der Waals surface area (Å²) in [6.45, 7) is 9.61. The largest absolute Gasteiger partial charge is 0.390 e. The summed E-state index contributed by atoms with van der Waals surface area (Å²) in [6.07, 6.45) is 5.11. The Hall–Kier alpha value is -0.340. The number of hydrogen-bond acceptors (Lipinski definition) is 2. The molecule has 0 bridgehead atoms. The molecule has 0 radical (unpaired) electrons. The van der Waals surface area contributed by atoms with Crippen molar-refractivity contribution in [1.82, 2.24) is 0 Å². The van der Waals surface area contributed by atoms with Crippen LogP contribution in [0.15, 0.2) is 12.7 Å². The van der Waals surface area contributed by atoms with Crippen LogP contribution >= 0.6 is 0 Å². The van der Waals surface area contributed by atoms with Crippen LogP contribution in [0, 0.1) is 0 Å². The summed E-state index contributed by atoms with van der Waals surface area (Å²) in [5, 5.41) is 10.0. The fourth-order valence-electron chi connectivity index (χ4n) is 1.21. The Balaban J connectivity index is 3.91. The van der Waals surface area contributed by atoms with Gasteiger partial charge in [-0.2, -0.15) is 0 Å². The first kappa shape index (κ1) is 13.7. The first-order chi connectivity index (χ1) is 6.33. The van der Waals surface area contributed by atoms with Gasteiger partial charge in [-0.25, -0.2) is 0 Å². The predicted molar refractivity (Wildman–Crippen MR) is 60.4 cm³/mol. The topological polar surface area (TPSA) is 29.5 Å². The normalized spacial score (nSPS) is 16.4. The van der Waals surface area contributed by atoms with E-state index in [2.05, 4.69) is 6.58 Å². The molecule has 0 aliphatic rings. The van der Waals surface area contributed by atoms with Crippen LogP contribution in [0.2, 0.25) is 0 Å². The van der Waals surface area contributed by atoms with Crippen molar-refractivity contribution in [3.63, 3.8) is 0 Å². The van der Waals surface area contributed by atoms with Crippen LogP contribution < -0.4 is 0 Å². The van der Waals surface area contributed by atoms with Gasteiger partial charge in [0.15, 0.2) is 0 Å². The van der Waals surface area contributed by atoms with E-state index in [0.29, 0.717) is 0 Å². The molecule has 2 heteroatoms. The second-order valence-electron chi connectivity index (χ2n) is 4.79. The van der Waals surface area contributed by atoms with Crippen LogP contribution in [-0.2, 0) is 4.74 Å². The molecule has 0 heterocycles. The summed E-state index contributed by atoms with van der Waals surface area (Å²) in [6, 6.07) is 0. The molecule has 0 aromatic carbocycles. The first-order valence-electron chi connectivity index (χ1n) is 5.21. The van der Waals surface area contributed by atoms with Crippen LogP contribution in [0.1, 0.15) is 46.5 Å². The fourth-order valence-corrected chi connectivity index (χ4v) is 1.21. The van der Waals surface area contributed by atoms with Crippen molar-refractivity contribution in [2.75, 3.05) is 7.11 Å². The van der Waals surface area contributed by atoms with Crippen LogP contribution in [0.4, 0.5) is 0 Å². The number of rotatable bonds is 7. The minimum absolute atomic E-state index is 0.141. The average Bonchev–Trinajstić information content (AvgIpc) is 2.12. The van der Waals surface area contributed by atoms with Crippen molar-refractivity contribution in [2.24, 2.45) is 0 Å². The average molecular weight is 200 g/mol. The summed E-state index contributed by atoms with van der Waals surface area (Å²) in [4.78, 5) is 0. The highest BCUT2D eigenvalue weighted by Crippen LogP contribution is 2.24. The molecule has 14 heavy (non-hydrogen) atoms. The summed E-state index contributed by atoms with van der Waals surface area (Å²) >= 11 is 0.